The molecule has 0 aromatic rings. The van der Waals surface area contributed by atoms with Crippen LogP contribution in [-0.4, -0.2) is 22.2 Å². The molecule has 3 unspecified atom stereocenters. The maximum absolute atomic E-state index is 11.4. The van der Waals surface area contributed by atoms with Gasteiger partial charge in [0, 0.05) is 6.42 Å². The quantitative estimate of drug-likeness (QED) is 0.245. The molecule has 27 heavy (non-hydrogen) atoms. The van der Waals surface area contributed by atoms with E-state index in [9.17, 15) is 14.7 Å². The summed E-state index contributed by atoms with van der Waals surface area (Å²) in [6.07, 6.45) is 19.3. The van der Waals surface area contributed by atoms with Crippen molar-refractivity contribution in [2.75, 3.05) is 0 Å². The van der Waals surface area contributed by atoms with Crippen molar-refractivity contribution in [2.24, 2.45) is 17.8 Å². The van der Waals surface area contributed by atoms with Crippen molar-refractivity contribution in [3.8, 4) is 0 Å². The molecule has 0 bridgehead atoms. The van der Waals surface area contributed by atoms with Gasteiger partial charge in [0.1, 0.15) is 0 Å². The number of aliphatic carboxylic acids is 2. The van der Waals surface area contributed by atoms with Gasteiger partial charge in [0.25, 0.3) is 0 Å². The summed E-state index contributed by atoms with van der Waals surface area (Å²) in [5.74, 6) is -0.584. The van der Waals surface area contributed by atoms with Crippen molar-refractivity contribution in [3.63, 3.8) is 0 Å². The van der Waals surface area contributed by atoms with Gasteiger partial charge in [0.2, 0.25) is 0 Å². The highest BCUT2D eigenvalue weighted by Crippen LogP contribution is 2.52. The van der Waals surface area contributed by atoms with Crippen LogP contribution >= 0.6 is 0 Å². The Bertz CT molecular complexity index is 407. The van der Waals surface area contributed by atoms with E-state index in [1.54, 1.807) is 0 Å². The molecule has 4 heteroatoms. The van der Waals surface area contributed by atoms with Crippen LogP contribution in [0.5, 0.6) is 0 Å². The van der Waals surface area contributed by atoms with Gasteiger partial charge in [0.05, 0.1) is 5.92 Å². The van der Waals surface area contributed by atoms with Gasteiger partial charge in [-0.25, -0.2) is 0 Å². The Labute approximate surface area is 166 Å². The third-order valence-corrected chi connectivity index (χ3v) is 6.19. The van der Waals surface area contributed by atoms with E-state index in [2.05, 4.69) is 6.92 Å². The molecule has 0 aromatic heterocycles. The number of hydrogen-bond donors (Lipinski definition) is 2. The molecule has 2 N–H and O–H groups in total. The number of carboxylic acid groups (broad SMARTS) is 2. The molecule has 0 aromatic carbocycles. The van der Waals surface area contributed by atoms with Crippen LogP contribution in [0.2, 0.25) is 0 Å². The maximum atomic E-state index is 11.4. The fraction of sp³-hybridized carbons (Fsp3) is 0.913. The van der Waals surface area contributed by atoms with Crippen molar-refractivity contribution in [1.29, 1.82) is 0 Å². The largest absolute Gasteiger partial charge is 0.481 e. The van der Waals surface area contributed by atoms with Crippen LogP contribution in [0.4, 0.5) is 0 Å². The average molecular weight is 383 g/mol. The zero-order valence-corrected chi connectivity index (χ0v) is 17.5. The molecular weight excluding hydrogens is 340 g/mol. The topological polar surface area (TPSA) is 74.6 Å². The smallest absolute Gasteiger partial charge is 0.307 e. The summed E-state index contributed by atoms with van der Waals surface area (Å²) in [7, 11) is 0. The zero-order valence-electron chi connectivity index (χ0n) is 17.5. The lowest BCUT2D eigenvalue weighted by atomic mass is 10.0. The van der Waals surface area contributed by atoms with E-state index in [1.165, 1.54) is 57.8 Å². The Morgan fingerprint density at radius 3 is 1.44 bits per heavy atom. The van der Waals surface area contributed by atoms with Crippen LogP contribution in [0, 0.1) is 17.8 Å². The van der Waals surface area contributed by atoms with E-state index >= 15 is 0 Å². The minimum atomic E-state index is -0.711. The first-order valence-electron chi connectivity index (χ1n) is 11.5. The number of carboxylic acids is 2. The molecule has 1 aliphatic carbocycles. The summed E-state index contributed by atoms with van der Waals surface area (Å²) in [6, 6.07) is 0. The minimum Gasteiger partial charge on any atom is -0.481 e. The molecule has 3 atom stereocenters. The monoisotopic (exact) mass is 382 g/mol. The summed E-state index contributed by atoms with van der Waals surface area (Å²) in [5, 5.41) is 18.0. The molecule has 0 heterocycles. The number of carbonyl (C=O) groups is 2. The highest BCUT2D eigenvalue weighted by molar-refractivity contribution is 5.74. The summed E-state index contributed by atoms with van der Waals surface area (Å²) >= 11 is 0. The van der Waals surface area contributed by atoms with E-state index in [0.717, 1.165) is 44.9 Å². The van der Waals surface area contributed by atoms with Crippen molar-refractivity contribution in [3.05, 3.63) is 0 Å². The average Bonchev–Trinajstić information content (AvgIpc) is 3.32. The molecule has 158 valence electrons. The van der Waals surface area contributed by atoms with Gasteiger partial charge >= 0.3 is 11.9 Å². The molecular formula is C23H42O4. The van der Waals surface area contributed by atoms with Gasteiger partial charge in [0.15, 0.2) is 0 Å². The van der Waals surface area contributed by atoms with Gasteiger partial charge in [-0.15, -0.1) is 0 Å². The molecule has 1 rings (SSSR count). The van der Waals surface area contributed by atoms with E-state index in [0.29, 0.717) is 11.8 Å². The van der Waals surface area contributed by atoms with Crippen LogP contribution < -0.4 is 0 Å². The van der Waals surface area contributed by atoms with Gasteiger partial charge < -0.3 is 10.2 Å². The lowest BCUT2D eigenvalue weighted by molar-refractivity contribution is -0.139. The second kappa shape index (κ2) is 14.9. The van der Waals surface area contributed by atoms with Crippen LogP contribution in [0.1, 0.15) is 116 Å². The lowest BCUT2D eigenvalue weighted by Gasteiger charge is -2.03. The molecule has 1 aliphatic rings. The van der Waals surface area contributed by atoms with Gasteiger partial charge in [-0.3, -0.25) is 9.59 Å². The normalized spacial score (nSPS) is 21.3. The van der Waals surface area contributed by atoms with Crippen molar-refractivity contribution in [2.45, 2.75) is 116 Å². The Balaban J connectivity index is 2.01. The van der Waals surface area contributed by atoms with Crippen molar-refractivity contribution in [1.82, 2.24) is 0 Å². The first-order chi connectivity index (χ1) is 13.1. The fourth-order valence-corrected chi connectivity index (χ4v) is 4.48. The Hall–Kier alpha value is -1.06. The lowest BCUT2D eigenvalue weighted by Crippen LogP contribution is -2.00. The summed E-state index contributed by atoms with van der Waals surface area (Å²) in [5.41, 5.74) is 0. The van der Waals surface area contributed by atoms with Crippen LogP contribution in [-0.2, 0) is 9.59 Å². The molecule has 1 saturated carbocycles. The van der Waals surface area contributed by atoms with Gasteiger partial charge in [-0.05, 0) is 31.1 Å². The standard InChI is InChI=1S/C23H42O4/c1-2-3-4-5-6-7-8-10-13-16-19-20(22(19)23(26)27)17-14-11-9-12-15-18-21(24)25/h19-20,22H,2-18H2,1H3,(H,24,25)(H,26,27). The van der Waals surface area contributed by atoms with Crippen LogP contribution in [0.3, 0.4) is 0 Å². The van der Waals surface area contributed by atoms with Gasteiger partial charge in [-0.1, -0.05) is 90.4 Å². The second-order valence-electron chi connectivity index (χ2n) is 8.51. The minimum absolute atomic E-state index is 0.0916. The van der Waals surface area contributed by atoms with Crippen LogP contribution in [0.25, 0.3) is 0 Å². The van der Waals surface area contributed by atoms with Crippen molar-refractivity contribution >= 4 is 11.9 Å². The molecule has 0 saturated heterocycles. The summed E-state index contributed by atoms with van der Waals surface area (Å²) in [6.45, 7) is 2.25. The first-order valence-corrected chi connectivity index (χ1v) is 11.5. The first kappa shape index (κ1) is 24.0. The molecule has 0 amide bonds. The molecule has 0 spiro atoms. The van der Waals surface area contributed by atoms with E-state index < -0.39 is 11.9 Å². The Morgan fingerprint density at radius 2 is 1.04 bits per heavy atom. The van der Waals surface area contributed by atoms with Gasteiger partial charge in [-0.2, -0.15) is 0 Å². The Morgan fingerprint density at radius 1 is 0.630 bits per heavy atom. The second-order valence-corrected chi connectivity index (χ2v) is 8.51. The molecule has 1 fully saturated rings. The summed E-state index contributed by atoms with van der Waals surface area (Å²) in [4.78, 5) is 21.9. The highest BCUT2D eigenvalue weighted by atomic mass is 16.4. The SMILES string of the molecule is CCCCCCCCCCCC1C(CCCCCCCC(=O)O)C1C(=O)O. The zero-order chi connectivity index (χ0) is 19.9. The van der Waals surface area contributed by atoms with E-state index in [-0.39, 0.29) is 12.3 Å². The predicted octanol–water partition coefficient (Wildman–Crippen LogP) is 6.67. The van der Waals surface area contributed by atoms with Crippen molar-refractivity contribution < 1.29 is 19.8 Å². The fourth-order valence-electron chi connectivity index (χ4n) is 4.48. The van der Waals surface area contributed by atoms with Crippen LogP contribution in [0.15, 0.2) is 0 Å². The third kappa shape index (κ3) is 11.4. The predicted molar refractivity (Wildman–Crippen MR) is 110 cm³/mol. The molecule has 0 radical (unpaired) electrons. The van der Waals surface area contributed by atoms with E-state index in [1.807, 2.05) is 0 Å². The Kier molecular flexibility index (Phi) is 13.3. The highest BCUT2D eigenvalue weighted by Gasteiger charge is 2.53. The maximum Gasteiger partial charge on any atom is 0.307 e. The third-order valence-electron chi connectivity index (χ3n) is 6.19. The summed E-state index contributed by atoms with van der Waals surface area (Å²) < 4.78 is 0. The molecule has 4 nitrogen and oxygen atoms in total. The number of rotatable bonds is 19. The number of hydrogen-bond acceptors (Lipinski definition) is 2. The number of unbranched alkanes of at least 4 members (excludes halogenated alkanes) is 12. The van der Waals surface area contributed by atoms with E-state index in [4.69, 9.17) is 5.11 Å². The molecule has 0 aliphatic heterocycles.